The number of aliphatic imine (C=N–C) groups is 2. The first-order valence-corrected chi connectivity index (χ1v) is 8.97. The zero-order valence-electron chi connectivity index (χ0n) is 14.4. The summed E-state index contributed by atoms with van der Waals surface area (Å²) in [5.74, 6) is -1.16. The molecular formula is C17H30N4O3. The Balaban J connectivity index is 0.000000277. The third-order valence-electron chi connectivity index (χ3n) is 4.35. The van der Waals surface area contributed by atoms with Gasteiger partial charge < -0.3 is 5.73 Å². The van der Waals surface area contributed by atoms with Crippen LogP contribution >= 0.6 is 0 Å². The number of carbonyl (C=O) groups is 2. The number of carbonyl (C=O) groups excluding carboxylic acids is 2. The Morgan fingerprint density at radius 1 is 0.917 bits per heavy atom. The SMILES string of the molecule is C(=NC1CCCCC1)=NC1CCCCC1.NC(=O)CCC(=O)NO. The fraction of sp³-hybridized carbons (Fsp3) is 0.824. The van der Waals surface area contributed by atoms with Gasteiger partial charge >= 0.3 is 0 Å². The van der Waals surface area contributed by atoms with E-state index >= 15 is 0 Å². The Hall–Kier alpha value is -1.72. The number of nitrogens with zero attached hydrogens (tertiary/aromatic N) is 2. The summed E-state index contributed by atoms with van der Waals surface area (Å²) in [6, 6.07) is 4.04. The van der Waals surface area contributed by atoms with Crippen molar-refractivity contribution in [2.75, 3.05) is 0 Å². The molecule has 0 bridgehead atoms. The van der Waals surface area contributed by atoms with Crippen LogP contribution in [0.25, 0.3) is 0 Å². The van der Waals surface area contributed by atoms with Crippen molar-refractivity contribution in [3.63, 3.8) is 0 Å². The highest BCUT2D eigenvalue weighted by Crippen LogP contribution is 2.21. The van der Waals surface area contributed by atoms with Gasteiger partial charge in [-0.2, -0.15) is 0 Å². The lowest BCUT2D eigenvalue weighted by Crippen LogP contribution is -2.21. The van der Waals surface area contributed by atoms with Crippen LogP contribution in [-0.2, 0) is 9.59 Å². The smallest absolute Gasteiger partial charge is 0.243 e. The third-order valence-corrected chi connectivity index (χ3v) is 4.35. The quantitative estimate of drug-likeness (QED) is 0.406. The molecule has 0 spiro atoms. The van der Waals surface area contributed by atoms with Crippen LogP contribution in [0.15, 0.2) is 9.98 Å². The average Bonchev–Trinajstić information content (AvgIpc) is 2.62. The molecule has 0 heterocycles. The molecule has 0 radical (unpaired) electrons. The van der Waals surface area contributed by atoms with E-state index in [-0.39, 0.29) is 12.8 Å². The van der Waals surface area contributed by atoms with E-state index in [9.17, 15) is 9.59 Å². The molecule has 2 fully saturated rings. The van der Waals surface area contributed by atoms with Crippen molar-refractivity contribution >= 4 is 17.8 Å². The Labute approximate surface area is 143 Å². The lowest BCUT2D eigenvalue weighted by molar-refractivity contribution is -0.131. The van der Waals surface area contributed by atoms with Gasteiger partial charge in [-0.05, 0) is 25.7 Å². The number of hydrogen-bond donors (Lipinski definition) is 3. The summed E-state index contributed by atoms with van der Waals surface area (Å²) >= 11 is 0. The molecule has 0 aliphatic heterocycles. The van der Waals surface area contributed by atoms with Crippen LogP contribution in [0.4, 0.5) is 0 Å². The van der Waals surface area contributed by atoms with Gasteiger partial charge in [-0.25, -0.2) is 15.5 Å². The molecule has 0 aromatic rings. The largest absolute Gasteiger partial charge is 0.370 e. The minimum absolute atomic E-state index is 0.0353. The molecule has 2 saturated carbocycles. The van der Waals surface area contributed by atoms with Crippen LogP contribution in [0.2, 0.25) is 0 Å². The first-order valence-electron chi connectivity index (χ1n) is 8.97. The number of primary amides is 1. The van der Waals surface area contributed by atoms with Crippen LogP contribution in [0, 0.1) is 0 Å². The zero-order valence-corrected chi connectivity index (χ0v) is 14.4. The molecule has 7 nitrogen and oxygen atoms in total. The molecule has 0 atom stereocenters. The molecule has 2 aliphatic carbocycles. The number of amides is 2. The normalized spacial score (nSPS) is 18.5. The maximum absolute atomic E-state index is 10.1. The van der Waals surface area contributed by atoms with E-state index in [1.54, 1.807) is 0 Å². The molecular weight excluding hydrogens is 308 g/mol. The standard InChI is InChI=1S/C13H22N2.C4H8N2O3/c1-3-7-12(8-4-1)14-11-15-13-9-5-2-6-10-13;5-3(7)1-2-4(8)6-9/h12-13H,1-10H2;9H,1-2H2,(H2,5,7)(H,6,8). The van der Waals surface area contributed by atoms with Crippen LogP contribution in [0.1, 0.15) is 77.0 Å². The average molecular weight is 338 g/mol. The third kappa shape index (κ3) is 10.1. The van der Waals surface area contributed by atoms with E-state index in [1.807, 2.05) is 0 Å². The Kier molecular flexibility index (Phi) is 10.7. The number of hydroxylamine groups is 1. The molecule has 7 heteroatoms. The van der Waals surface area contributed by atoms with Gasteiger partial charge in [0, 0.05) is 12.8 Å². The molecule has 0 saturated heterocycles. The summed E-state index contributed by atoms with van der Waals surface area (Å²) in [5.41, 5.74) is 6.07. The van der Waals surface area contributed by atoms with E-state index in [4.69, 9.17) is 10.9 Å². The minimum atomic E-state index is -0.603. The summed E-state index contributed by atoms with van der Waals surface area (Å²) in [6.07, 6.45) is 13.1. The van der Waals surface area contributed by atoms with Gasteiger partial charge in [-0.15, -0.1) is 0 Å². The highest BCUT2D eigenvalue weighted by atomic mass is 16.5. The molecule has 0 aromatic heterocycles. The first kappa shape index (κ1) is 20.3. The highest BCUT2D eigenvalue weighted by molar-refractivity contribution is 5.82. The van der Waals surface area contributed by atoms with Crippen LogP contribution in [0.3, 0.4) is 0 Å². The topological polar surface area (TPSA) is 117 Å². The van der Waals surface area contributed by atoms with Gasteiger partial charge in [0.1, 0.15) is 0 Å². The van der Waals surface area contributed by atoms with Gasteiger partial charge in [0.25, 0.3) is 0 Å². The number of nitrogens with two attached hydrogens (primary N) is 1. The van der Waals surface area contributed by atoms with Gasteiger partial charge in [0.05, 0.1) is 18.1 Å². The first-order chi connectivity index (χ1) is 11.6. The van der Waals surface area contributed by atoms with Crippen molar-refractivity contribution in [3.05, 3.63) is 0 Å². The van der Waals surface area contributed by atoms with E-state index in [0.29, 0.717) is 12.1 Å². The summed E-state index contributed by atoms with van der Waals surface area (Å²) in [6.45, 7) is 0. The second kappa shape index (κ2) is 12.7. The van der Waals surface area contributed by atoms with Gasteiger partial charge in [-0.3, -0.25) is 14.8 Å². The molecule has 4 N–H and O–H groups in total. The fourth-order valence-corrected chi connectivity index (χ4v) is 2.91. The second-order valence-electron chi connectivity index (χ2n) is 6.44. The number of rotatable bonds is 5. The maximum Gasteiger partial charge on any atom is 0.243 e. The van der Waals surface area contributed by atoms with E-state index < -0.39 is 11.8 Å². The Morgan fingerprint density at radius 3 is 1.75 bits per heavy atom. The lowest BCUT2D eigenvalue weighted by atomic mass is 9.96. The lowest BCUT2D eigenvalue weighted by Gasteiger charge is -2.17. The molecule has 2 aliphatic rings. The zero-order chi connectivity index (χ0) is 17.6. The molecule has 0 aromatic carbocycles. The highest BCUT2D eigenvalue weighted by Gasteiger charge is 2.12. The van der Waals surface area contributed by atoms with Crippen LogP contribution in [0.5, 0.6) is 0 Å². The van der Waals surface area contributed by atoms with Crippen molar-refractivity contribution in [1.82, 2.24) is 5.48 Å². The Bertz CT molecular complexity index is 413. The van der Waals surface area contributed by atoms with Gasteiger partial charge in [0.2, 0.25) is 11.8 Å². The van der Waals surface area contributed by atoms with E-state index in [2.05, 4.69) is 16.0 Å². The van der Waals surface area contributed by atoms with Gasteiger partial charge in [-0.1, -0.05) is 38.5 Å². The maximum atomic E-state index is 10.1. The molecule has 0 unspecified atom stereocenters. The Morgan fingerprint density at radius 2 is 1.38 bits per heavy atom. The van der Waals surface area contributed by atoms with Crippen LogP contribution < -0.4 is 11.2 Å². The van der Waals surface area contributed by atoms with Gasteiger partial charge in [0.15, 0.2) is 0 Å². The van der Waals surface area contributed by atoms with Crippen molar-refractivity contribution in [2.45, 2.75) is 89.1 Å². The summed E-state index contributed by atoms with van der Waals surface area (Å²) in [5, 5.41) is 7.90. The molecule has 136 valence electrons. The van der Waals surface area contributed by atoms with Crippen molar-refractivity contribution < 1.29 is 14.8 Å². The molecule has 2 rings (SSSR count). The predicted molar refractivity (Wildman–Crippen MR) is 92.0 cm³/mol. The molecule has 2 amide bonds. The van der Waals surface area contributed by atoms with Crippen molar-refractivity contribution in [3.8, 4) is 0 Å². The summed E-state index contributed by atoms with van der Waals surface area (Å²) < 4.78 is 0. The predicted octanol–water partition coefficient (Wildman–Crippen LogP) is 2.58. The summed E-state index contributed by atoms with van der Waals surface area (Å²) in [4.78, 5) is 29.0. The monoisotopic (exact) mass is 338 g/mol. The van der Waals surface area contributed by atoms with Crippen molar-refractivity contribution in [1.29, 1.82) is 0 Å². The van der Waals surface area contributed by atoms with E-state index in [1.165, 1.54) is 69.7 Å². The molecule has 24 heavy (non-hydrogen) atoms. The number of nitrogens with one attached hydrogen (secondary N) is 1. The number of hydrogen-bond acceptors (Lipinski definition) is 5. The second-order valence-corrected chi connectivity index (χ2v) is 6.44. The van der Waals surface area contributed by atoms with E-state index in [0.717, 1.165) is 0 Å². The minimum Gasteiger partial charge on any atom is -0.370 e. The summed E-state index contributed by atoms with van der Waals surface area (Å²) in [7, 11) is 0. The fourth-order valence-electron chi connectivity index (χ4n) is 2.91. The van der Waals surface area contributed by atoms with Crippen LogP contribution in [-0.4, -0.2) is 35.1 Å². The van der Waals surface area contributed by atoms with Crippen molar-refractivity contribution in [2.24, 2.45) is 15.7 Å².